The number of pyridine rings is 1. The van der Waals surface area contributed by atoms with E-state index in [1.54, 1.807) is 0 Å². The second-order valence-electron chi connectivity index (χ2n) is 5.01. The number of nitrogens with one attached hydrogen (secondary N) is 1. The van der Waals surface area contributed by atoms with E-state index in [0.29, 0.717) is 5.92 Å². The third kappa shape index (κ3) is 2.24. The maximum absolute atomic E-state index is 11.8. The van der Waals surface area contributed by atoms with Crippen molar-refractivity contribution < 1.29 is 0 Å². The monoisotopic (exact) mass is 283 g/mol. The molecule has 0 aliphatic heterocycles. The molecule has 0 spiro atoms. The predicted molar refractivity (Wildman–Crippen MR) is 69.9 cm³/mol. The summed E-state index contributed by atoms with van der Waals surface area (Å²) in [5, 5.41) is 0. The molecular weight excluding hydrogens is 266 g/mol. The minimum absolute atomic E-state index is 0.0382. The summed E-state index contributed by atoms with van der Waals surface area (Å²) in [5.41, 5.74) is 3.85. The fourth-order valence-electron chi connectivity index (χ4n) is 2.46. The number of hydrogen-bond donors (Lipinski definition) is 1. The summed E-state index contributed by atoms with van der Waals surface area (Å²) < 4.78 is 0.752. The first-order valence-corrected chi connectivity index (χ1v) is 6.81. The van der Waals surface area contributed by atoms with E-state index < -0.39 is 0 Å². The molecule has 1 heterocycles. The summed E-state index contributed by atoms with van der Waals surface area (Å²) in [6.07, 6.45) is 5.59. The summed E-state index contributed by atoms with van der Waals surface area (Å²) in [5.74, 6) is 0.587. The maximum Gasteiger partial charge on any atom is 0.262 e. The second-order valence-corrected chi connectivity index (χ2v) is 5.80. The van der Waals surface area contributed by atoms with Gasteiger partial charge in [-0.15, -0.1) is 0 Å². The first-order chi connectivity index (χ1) is 7.59. The molecule has 1 aliphatic carbocycles. The summed E-state index contributed by atoms with van der Waals surface area (Å²) in [6, 6.07) is 0. The van der Waals surface area contributed by atoms with Crippen LogP contribution in [0, 0.1) is 5.92 Å². The predicted octanol–water partition coefficient (Wildman–Crippen LogP) is 3.21. The molecule has 0 bridgehead atoms. The van der Waals surface area contributed by atoms with Gasteiger partial charge in [0.1, 0.15) is 0 Å². The van der Waals surface area contributed by atoms with Crippen LogP contribution in [0.25, 0.3) is 0 Å². The van der Waals surface area contributed by atoms with Crippen LogP contribution in [0.4, 0.5) is 0 Å². The molecule has 0 saturated heterocycles. The van der Waals surface area contributed by atoms with Crippen LogP contribution in [0.15, 0.2) is 9.27 Å². The lowest BCUT2D eigenvalue weighted by atomic mass is 9.89. The Morgan fingerprint density at radius 3 is 2.69 bits per heavy atom. The zero-order valence-electron chi connectivity index (χ0n) is 9.90. The molecule has 1 aliphatic rings. The molecule has 0 fully saturated rings. The van der Waals surface area contributed by atoms with Crippen molar-refractivity contribution in [3.63, 3.8) is 0 Å². The molecule has 88 valence electrons. The summed E-state index contributed by atoms with van der Waals surface area (Å²) in [4.78, 5) is 14.8. The van der Waals surface area contributed by atoms with Gasteiger partial charge >= 0.3 is 0 Å². The smallest absolute Gasteiger partial charge is 0.262 e. The van der Waals surface area contributed by atoms with Gasteiger partial charge in [0.25, 0.3) is 5.56 Å². The Morgan fingerprint density at radius 2 is 2.00 bits per heavy atom. The maximum atomic E-state index is 11.8. The Labute approximate surface area is 105 Å². The van der Waals surface area contributed by atoms with Crippen LogP contribution in [-0.2, 0) is 19.3 Å². The van der Waals surface area contributed by atoms with Crippen LogP contribution in [0.2, 0.25) is 0 Å². The van der Waals surface area contributed by atoms with E-state index in [0.717, 1.165) is 23.7 Å². The van der Waals surface area contributed by atoms with Gasteiger partial charge in [0.15, 0.2) is 0 Å². The molecule has 1 N–H and O–H groups in total. The molecule has 16 heavy (non-hydrogen) atoms. The van der Waals surface area contributed by atoms with Crippen LogP contribution in [-0.4, -0.2) is 4.98 Å². The van der Waals surface area contributed by atoms with Gasteiger partial charge in [-0.05, 0) is 65.1 Å². The zero-order chi connectivity index (χ0) is 11.7. The van der Waals surface area contributed by atoms with E-state index in [1.807, 2.05) is 0 Å². The quantitative estimate of drug-likeness (QED) is 0.888. The van der Waals surface area contributed by atoms with Crippen LogP contribution < -0.4 is 5.56 Å². The Kier molecular flexibility index (Phi) is 3.53. The lowest BCUT2D eigenvalue weighted by molar-refractivity contribution is 0.613. The molecule has 0 amide bonds. The lowest BCUT2D eigenvalue weighted by Crippen LogP contribution is -2.20. The topological polar surface area (TPSA) is 32.9 Å². The Hall–Kier alpha value is -0.570. The van der Waals surface area contributed by atoms with E-state index in [2.05, 4.69) is 34.8 Å². The summed E-state index contributed by atoms with van der Waals surface area (Å²) >= 11 is 3.44. The molecule has 3 heteroatoms. The number of rotatable bonds is 2. The zero-order valence-corrected chi connectivity index (χ0v) is 11.5. The van der Waals surface area contributed by atoms with Crippen molar-refractivity contribution in [1.82, 2.24) is 4.98 Å². The molecule has 1 aromatic rings. The third-order valence-electron chi connectivity index (χ3n) is 3.17. The van der Waals surface area contributed by atoms with Gasteiger partial charge in [-0.25, -0.2) is 0 Å². The third-order valence-corrected chi connectivity index (χ3v) is 4.01. The molecule has 2 nitrogen and oxygen atoms in total. The molecule has 0 aromatic carbocycles. The fourth-order valence-corrected chi connectivity index (χ4v) is 2.96. The Morgan fingerprint density at radius 1 is 1.31 bits per heavy atom. The van der Waals surface area contributed by atoms with Gasteiger partial charge in [0.2, 0.25) is 0 Å². The van der Waals surface area contributed by atoms with Gasteiger partial charge in [0.05, 0.1) is 4.47 Å². The molecular formula is C13H18BrNO. The number of fused-ring (bicyclic) bond motifs is 1. The van der Waals surface area contributed by atoms with E-state index in [4.69, 9.17) is 0 Å². The Balaban J connectivity index is 2.54. The Bertz CT molecular complexity index is 448. The molecule has 2 rings (SSSR count). The van der Waals surface area contributed by atoms with Gasteiger partial charge in [-0.1, -0.05) is 13.8 Å². The molecule has 0 unspecified atom stereocenters. The average molecular weight is 284 g/mol. The number of aromatic amines is 1. The van der Waals surface area contributed by atoms with Crippen molar-refractivity contribution in [3.05, 3.63) is 31.6 Å². The van der Waals surface area contributed by atoms with E-state index in [1.165, 1.54) is 29.7 Å². The first-order valence-electron chi connectivity index (χ1n) is 6.02. The van der Waals surface area contributed by atoms with Crippen LogP contribution in [0.1, 0.15) is 43.5 Å². The highest BCUT2D eigenvalue weighted by molar-refractivity contribution is 9.10. The van der Waals surface area contributed by atoms with Crippen molar-refractivity contribution >= 4 is 15.9 Å². The molecule has 0 saturated carbocycles. The highest BCUT2D eigenvalue weighted by atomic mass is 79.9. The van der Waals surface area contributed by atoms with Crippen LogP contribution in [0.3, 0.4) is 0 Å². The van der Waals surface area contributed by atoms with Crippen molar-refractivity contribution in [2.24, 2.45) is 5.92 Å². The van der Waals surface area contributed by atoms with E-state index in [-0.39, 0.29) is 5.56 Å². The van der Waals surface area contributed by atoms with Crippen LogP contribution >= 0.6 is 15.9 Å². The minimum atomic E-state index is 0.0382. The number of aromatic nitrogens is 1. The van der Waals surface area contributed by atoms with E-state index in [9.17, 15) is 4.79 Å². The standard InChI is InChI=1S/C13H18BrNO/c1-8(2)7-10-9-5-3-4-6-11(9)15-13(16)12(10)14/h8H,3-7H2,1-2H3,(H,15,16). The van der Waals surface area contributed by atoms with Crippen molar-refractivity contribution in [3.8, 4) is 0 Å². The van der Waals surface area contributed by atoms with Crippen LogP contribution in [0.5, 0.6) is 0 Å². The minimum Gasteiger partial charge on any atom is -0.325 e. The average Bonchev–Trinajstić information content (AvgIpc) is 2.24. The van der Waals surface area contributed by atoms with Gasteiger partial charge in [0, 0.05) is 5.69 Å². The second kappa shape index (κ2) is 4.74. The highest BCUT2D eigenvalue weighted by Gasteiger charge is 2.18. The number of hydrogen-bond acceptors (Lipinski definition) is 1. The SMILES string of the molecule is CC(C)Cc1c2c([nH]c(=O)c1Br)CCCC2. The van der Waals surface area contributed by atoms with Crippen molar-refractivity contribution in [2.45, 2.75) is 46.0 Å². The summed E-state index contributed by atoms with van der Waals surface area (Å²) in [6.45, 7) is 4.39. The highest BCUT2D eigenvalue weighted by Crippen LogP contribution is 2.27. The largest absolute Gasteiger partial charge is 0.325 e. The summed E-state index contributed by atoms with van der Waals surface area (Å²) in [7, 11) is 0. The van der Waals surface area contributed by atoms with Gasteiger partial charge < -0.3 is 4.98 Å². The van der Waals surface area contributed by atoms with E-state index >= 15 is 0 Å². The van der Waals surface area contributed by atoms with Crippen molar-refractivity contribution in [2.75, 3.05) is 0 Å². The number of H-pyrrole nitrogens is 1. The first kappa shape index (κ1) is 11.9. The normalized spacial score (nSPS) is 15.2. The van der Waals surface area contributed by atoms with Gasteiger partial charge in [-0.2, -0.15) is 0 Å². The lowest BCUT2D eigenvalue weighted by Gasteiger charge is -2.21. The molecule has 1 aromatic heterocycles. The molecule has 0 radical (unpaired) electrons. The van der Waals surface area contributed by atoms with Gasteiger partial charge in [-0.3, -0.25) is 4.79 Å². The number of halogens is 1. The fraction of sp³-hybridized carbons (Fsp3) is 0.615. The number of aryl methyl sites for hydroxylation is 1. The molecule has 0 atom stereocenters. The van der Waals surface area contributed by atoms with Crippen molar-refractivity contribution in [1.29, 1.82) is 0 Å².